The Kier molecular flexibility index (Phi) is 3.84. The van der Waals surface area contributed by atoms with Crippen molar-refractivity contribution in [2.45, 2.75) is 19.3 Å². The number of hydrogen-bond acceptors (Lipinski definition) is 6. The van der Waals surface area contributed by atoms with Crippen molar-refractivity contribution in [3.63, 3.8) is 0 Å². The number of rotatable bonds is 3. The molecule has 0 fully saturated rings. The van der Waals surface area contributed by atoms with Crippen molar-refractivity contribution in [3.05, 3.63) is 47.8 Å². The van der Waals surface area contributed by atoms with Gasteiger partial charge in [0.2, 0.25) is 5.95 Å². The van der Waals surface area contributed by atoms with Crippen molar-refractivity contribution in [1.29, 1.82) is 0 Å². The molecule has 0 bridgehead atoms. The second-order valence-electron chi connectivity index (χ2n) is 6.36. The van der Waals surface area contributed by atoms with Crippen LogP contribution in [0.15, 0.2) is 36.5 Å². The lowest BCUT2D eigenvalue weighted by Crippen LogP contribution is -2.12. The molecule has 2 aromatic heterocycles. The molecule has 1 aromatic carbocycles. The summed E-state index contributed by atoms with van der Waals surface area (Å²) in [6, 6.07) is 8.57. The Hall–Kier alpha value is -3.35. The van der Waals surface area contributed by atoms with Gasteiger partial charge in [0.05, 0.1) is 22.6 Å². The van der Waals surface area contributed by atoms with Crippen LogP contribution in [0.1, 0.15) is 28.9 Å². The number of benzene rings is 1. The van der Waals surface area contributed by atoms with E-state index in [4.69, 9.17) is 5.73 Å². The maximum atomic E-state index is 12.7. The summed E-state index contributed by atoms with van der Waals surface area (Å²) in [5, 5.41) is 13.1. The summed E-state index contributed by atoms with van der Waals surface area (Å²) in [4.78, 5) is 21.0. The molecule has 0 unspecified atom stereocenters. The second-order valence-corrected chi connectivity index (χ2v) is 6.36. The first-order chi connectivity index (χ1) is 12.5. The molecule has 26 heavy (non-hydrogen) atoms. The van der Waals surface area contributed by atoms with Gasteiger partial charge < -0.3 is 20.7 Å². The number of hydrogen-bond donors (Lipinski definition) is 3. The van der Waals surface area contributed by atoms with Crippen LogP contribution in [0.5, 0.6) is 5.75 Å². The number of carbonyl (C=O) groups is 1. The Labute approximate surface area is 150 Å². The molecule has 4 N–H and O–H groups in total. The van der Waals surface area contributed by atoms with Gasteiger partial charge in [-0.25, -0.2) is 9.97 Å². The predicted molar refractivity (Wildman–Crippen MR) is 99.5 cm³/mol. The van der Waals surface area contributed by atoms with Crippen molar-refractivity contribution < 1.29 is 9.90 Å². The summed E-state index contributed by atoms with van der Waals surface area (Å²) in [7, 11) is 1.93. The molecule has 1 aliphatic rings. The number of aromatic hydroxyl groups is 1. The van der Waals surface area contributed by atoms with E-state index in [1.54, 1.807) is 30.5 Å². The van der Waals surface area contributed by atoms with E-state index in [0.717, 1.165) is 24.2 Å². The van der Waals surface area contributed by atoms with Crippen LogP contribution in [-0.4, -0.2) is 25.4 Å². The van der Waals surface area contributed by atoms with Gasteiger partial charge in [-0.05, 0) is 31.0 Å². The fraction of sp³-hybridized carbons (Fsp3) is 0.211. The van der Waals surface area contributed by atoms with Crippen molar-refractivity contribution >= 4 is 23.1 Å². The molecule has 1 aliphatic carbocycles. The fourth-order valence-electron chi connectivity index (χ4n) is 3.52. The van der Waals surface area contributed by atoms with E-state index in [2.05, 4.69) is 15.3 Å². The van der Waals surface area contributed by atoms with Gasteiger partial charge in [-0.15, -0.1) is 0 Å². The Balaban J connectivity index is 1.94. The third-order valence-electron chi connectivity index (χ3n) is 4.64. The molecule has 0 amide bonds. The molecular formula is C19H19N5O2. The first kappa shape index (κ1) is 16.1. The fourth-order valence-corrected chi connectivity index (χ4v) is 3.52. The van der Waals surface area contributed by atoms with Crippen molar-refractivity contribution in [2.24, 2.45) is 7.05 Å². The lowest BCUT2D eigenvalue weighted by Gasteiger charge is -2.14. The first-order valence-electron chi connectivity index (χ1n) is 8.44. The Bertz CT molecular complexity index is 1010. The Morgan fingerprint density at radius 2 is 2.12 bits per heavy atom. The zero-order valence-electron chi connectivity index (χ0n) is 14.4. The highest BCUT2D eigenvalue weighted by Gasteiger charge is 2.29. The van der Waals surface area contributed by atoms with Crippen LogP contribution in [0, 0.1) is 0 Å². The van der Waals surface area contributed by atoms with Crippen LogP contribution >= 0.6 is 0 Å². The molecule has 4 rings (SSSR count). The number of phenolic OH excluding ortho intramolecular Hbond substituents is 1. The summed E-state index contributed by atoms with van der Waals surface area (Å²) >= 11 is 0. The van der Waals surface area contributed by atoms with E-state index in [-0.39, 0.29) is 17.5 Å². The SMILES string of the molecule is Cn1c2c(c(Nc3cccc(O)c3)c1-c1ccnc(N)n1)C(=O)CCC2. The van der Waals surface area contributed by atoms with Crippen molar-refractivity contribution in [1.82, 2.24) is 14.5 Å². The first-order valence-corrected chi connectivity index (χ1v) is 8.44. The highest BCUT2D eigenvalue weighted by atomic mass is 16.3. The lowest BCUT2D eigenvalue weighted by molar-refractivity contribution is 0.0972. The van der Waals surface area contributed by atoms with Crippen LogP contribution in [0.25, 0.3) is 11.4 Å². The van der Waals surface area contributed by atoms with Gasteiger partial charge in [0.15, 0.2) is 5.78 Å². The molecule has 7 nitrogen and oxygen atoms in total. The van der Waals surface area contributed by atoms with E-state index in [0.29, 0.717) is 29.1 Å². The quantitative estimate of drug-likeness (QED) is 0.671. The number of phenols is 1. The van der Waals surface area contributed by atoms with E-state index >= 15 is 0 Å². The van der Waals surface area contributed by atoms with Gasteiger partial charge in [0.25, 0.3) is 0 Å². The smallest absolute Gasteiger partial charge is 0.220 e. The normalized spacial score (nSPS) is 13.5. The van der Waals surface area contributed by atoms with E-state index in [9.17, 15) is 9.90 Å². The van der Waals surface area contributed by atoms with Gasteiger partial charge in [0, 0.05) is 37.1 Å². The van der Waals surface area contributed by atoms with Gasteiger partial charge in [-0.3, -0.25) is 4.79 Å². The predicted octanol–water partition coefficient (Wildman–Crippen LogP) is 3.03. The zero-order valence-corrected chi connectivity index (χ0v) is 14.4. The number of nitrogens with two attached hydrogens (primary N) is 1. The molecule has 132 valence electrons. The summed E-state index contributed by atoms with van der Waals surface area (Å²) in [5.74, 6) is 0.438. The number of nitrogens with one attached hydrogen (secondary N) is 1. The van der Waals surface area contributed by atoms with Crippen LogP contribution in [0.3, 0.4) is 0 Å². The molecule has 0 saturated heterocycles. The number of fused-ring (bicyclic) bond motifs is 1. The highest BCUT2D eigenvalue weighted by molar-refractivity contribution is 6.07. The van der Waals surface area contributed by atoms with Crippen LogP contribution in [-0.2, 0) is 13.5 Å². The number of nitrogens with zero attached hydrogens (tertiary/aromatic N) is 3. The minimum absolute atomic E-state index is 0.109. The van der Waals surface area contributed by atoms with Crippen molar-refractivity contribution in [3.8, 4) is 17.1 Å². The Morgan fingerprint density at radius 3 is 2.88 bits per heavy atom. The summed E-state index contributed by atoms with van der Waals surface area (Å²) in [5.41, 5.74) is 10.2. The largest absolute Gasteiger partial charge is 0.508 e. The number of nitrogen functional groups attached to an aromatic ring is 1. The highest BCUT2D eigenvalue weighted by Crippen LogP contribution is 2.40. The summed E-state index contributed by atoms with van der Waals surface area (Å²) in [6.07, 6.45) is 3.79. The molecule has 2 heterocycles. The van der Waals surface area contributed by atoms with Gasteiger partial charge >= 0.3 is 0 Å². The zero-order chi connectivity index (χ0) is 18.3. The number of anilines is 3. The van der Waals surface area contributed by atoms with Crippen molar-refractivity contribution in [2.75, 3.05) is 11.1 Å². The molecule has 3 aromatic rings. The van der Waals surface area contributed by atoms with E-state index in [1.165, 1.54) is 0 Å². The standard InChI is InChI=1S/C19H19N5O2/c1-24-14-6-3-7-15(26)16(14)17(22-11-4-2-5-12(25)10-11)18(24)13-8-9-21-19(20)23-13/h2,4-5,8-10,22,25H,3,6-7H2,1H3,(H2,20,21,23). The number of ketones is 1. The maximum absolute atomic E-state index is 12.7. The van der Waals surface area contributed by atoms with Gasteiger partial charge in [0.1, 0.15) is 5.75 Å². The number of aromatic nitrogens is 3. The minimum atomic E-state index is 0.109. The van der Waals surface area contributed by atoms with Gasteiger partial charge in [-0.1, -0.05) is 6.07 Å². The topological polar surface area (TPSA) is 106 Å². The lowest BCUT2D eigenvalue weighted by atomic mass is 9.95. The van der Waals surface area contributed by atoms with E-state index in [1.807, 2.05) is 17.7 Å². The molecule has 0 radical (unpaired) electrons. The van der Waals surface area contributed by atoms with E-state index < -0.39 is 0 Å². The average molecular weight is 349 g/mol. The maximum Gasteiger partial charge on any atom is 0.220 e. The monoisotopic (exact) mass is 349 g/mol. The summed E-state index contributed by atoms with van der Waals surface area (Å²) < 4.78 is 2.00. The second kappa shape index (κ2) is 6.18. The molecule has 0 aliphatic heterocycles. The minimum Gasteiger partial charge on any atom is -0.508 e. The third-order valence-corrected chi connectivity index (χ3v) is 4.64. The van der Waals surface area contributed by atoms with Crippen LogP contribution < -0.4 is 11.1 Å². The number of carbonyl (C=O) groups excluding carboxylic acids is 1. The van der Waals surface area contributed by atoms with Crippen LogP contribution in [0.4, 0.5) is 17.3 Å². The van der Waals surface area contributed by atoms with Crippen LogP contribution in [0.2, 0.25) is 0 Å². The summed E-state index contributed by atoms with van der Waals surface area (Å²) in [6.45, 7) is 0. The molecule has 7 heteroatoms. The molecule has 0 atom stereocenters. The molecule has 0 saturated carbocycles. The third kappa shape index (κ3) is 2.67. The average Bonchev–Trinajstić information content (AvgIpc) is 2.88. The van der Waals surface area contributed by atoms with Gasteiger partial charge in [-0.2, -0.15) is 0 Å². The number of Topliss-reactive ketones (excluding diaryl/α,β-unsaturated/α-hetero) is 1. The molecule has 0 spiro atoms. The Morgan fingerprint density at radius 1 is 1.27 bits per heavy atom. The molecular weight excluding hydrogens is 330 g/mol.